The molecule has 0 aliphatic heterocycles. The van der Waals surface area contributed by atoms with E-state index >= 15 is 0 Å². The van der Waals surface area contributed by atoms with Gasteiger partial charge in [-0.1, -0.05) is 6.07 Å². The minimum atomic E-state index is -0.357. The lowest BCUT2D eigenvalue weighted by atomic mass is 10.3. The highest BCUT2D eigenvalue weighted by atomic mass is 32.1. The highest BCUT2D eigenvalue weighted by Gasteiger charge is 2.10. The number of hydrogen-bond donors (Lipinski definition) is 1. The minimum Gasteiger partial charge on any atom is -0.406 e. The number of aromatic nitrogens is 2. The third-order valence-electron chi connectivity index (χ3n) is 3.18. The van der Waals surface area contributed by atoms with Crippen LogP contribution in [0, 0.1) is 0 Å². The molecule has 3 aromatic heterocycles. The van der Waals surface area contributed by atoms with Crippen molar-refractivity contribution in [3.05, 3.63) is 51.3 Å². The van der Waals surface area contributed by atoms with Gasteiger partial charge in [0.2, 0.25) is 0 Å². The number of thiophene rings is 1. The highest BCUT2D eigenvalue weighted by Crippen LogP contribution is 2.17. The van der Waals surface area contributed by atoms with Crippen LogP contribution in [0.3, 0.4) is 0 Å². The van der Waals surface area contributed by atoms with Crippen LogP contribution < -0.4 is 11.1 Å². The maximum absolute atomic E-state index is 11.8. The van der Waals surface area contributed by atoms with Gasteiger partial charge in [0, 0.05) is 30.2 Å². The Morgan fingerprint density at radius 1 is 1.45 bits per heavy atom. The molecule has 1 atom stereocenters. The van der Waals surface area contributed by atoms with E-state index in [1.54, 1.807) is 34.2 Å². The summed E-state index contributed by atoms with van der Waals surface area (Å²) in [4.78, 5) is 17.3. The molecule has 0 saturated heterocycles. The standard InChI is InChI=1S/C14H15N3O2S/c1-10(12-5-3-9-20-12)15-7-8-17-13-11(19-14(17)18)4-2-6-16-13/h2-6,9-10,15H,7-8H2,1H3. The first-order chi connectivity index (χ1) is 9.75. The van der Waals surface area contributed by atoms with Gasteiger partial charge < -0.3 is 9.73 Å². The summed E-state index contributed by atoms with van der Waals surface area (Å²) in [7, 11) is 0. The number of oxazole rings is 1. The first-order valence-corrected chi connectivity index (χ1v) is 7.35. The normalized spacial score (nSPS) is 12.8. The molecule has 0 fully saturated rings. The molecular formula is C14H15N3O2S. The van der Waals surface area contributed by atoms with Crippen molar-refractivity contribution in [3.63, 3.8) is 0 Å². The lowest BCUT2D eigenvalue weighted by molar-refractivity contribution is 0.480. The summed E-state index contributed by atoms with van der Waals surface area (Å²) in [6.45, 7) is 3.34. The molecule has 0 amide bonds. The molecule has 0 spiro atoms. The van der Waals surface area contributed by atoms with Crippen molar-refractivity contribution in [2.24, 2.45) is 0 Å². The predicted octanol–water partition coefficient (Wildman–Crippen LogP) is 2.40. The largest absolute Gasteiger partial charge is 0.421 e. The molecule has 3 heterocycles. The van der Waals surface area contributed by atoms with Gasteiger partial charge in [-0.15, -0.1) is 11.3 Å². The molecule has 0 radical (unpaired) electrons. The van der Waals surface area contributed by atoms with E-state index in [-0.39, 0.29) is 11.8 Å². The van der Waals surface area contributed by atoms with E-state index in [0.717, 1.165) is 0 Å². The molecule has 6 heteroatoms. The van der Waals surface area contributed by atoms with Crippen LogP contribution in [0.4, 0.5) is 0 Å². The molecular weight excluding hydrogens is 274 g/mol. The van der Waals surface area contributed by atoms with E-state index in [4.69, 9.17) is 4.42 Å². The van der Waals surface area contributed by atoms with E-state index in [0.29, 0.717) is 24.3 Å². The van der Waals surface area contributed by atoms with Crippen LogP contribution in [0.1, 0.15) is 17.8 Å². The van der Waals surface area contributed by atoms with Crippen LogP contribution in [0.15, 0.2) is 45.1 Å². The van der Waals surface area contributed by atoms with E-state index in [9.17, 15) is 4.79 Å². The zero-order valence-corrected chi connectivity index (χ0v) is 11.9. The van der Waals surface area contributed by atoms with Gasteiger partial charge in [0.1, 0.15) is 0 Å². The maximum atomic E-state index is 11.8. The lowest BCUT2D eigenvalue weighted by Crippen LogP contribution is -2.26. The van der Waals surface area contributed by atoms with Crippen molar-refractivity contribution in [2.75, 3.05) is 6.54 Å². The van der Waals surface area contributed by atoms with E-state index in [2.05, 4.69) is 28.7 Å². The number of fused-ring (bicyclic) bond motifs is 1. The lowest BCUT2D eigenvalue weighted by Gasteiger charge is -2.11. The Bertz CT molecular complexity index is 745. The molecule has 1 unspecified atom stereocenters. The van der Waals surface area contributed by atoms with Gasteiger partial charge in [0.05, 0.1) is 0 Å². The van der Waals surface area contributed by atoms with Crippen LogP contribution in [0.2, 0.25) is 0 Å². The monoisotopic (exact) mass is 289 g/mol. The van der Waals surface area contributed by atoms with Crippen molar-refractivity contribution in [1.29, 1.82) is 0 Å². The Hall–Kier alpha value is -1.92. The Kier molecular flexibility index (Phi) is 3.66. The van der Waals surface area contributed by atoms with Gasteiger partial charge in [-0.3, -0.25) is 4.57 Å². The average Bonchev–Trinajstić information content (AvgIpc) is 3.07. The molecule has 3 rings (SSSR count). The zero-order chi connectivity index (χ0) is 13.9. The van der Waals surface area contributed by atoms with Gasteiger partial charge in [-0.2, -0.15) is 0 Å². The summed E-state index contributed by atoms with van der Waals surface area (Å²) in [5.41, 5.74) is 1.13. The summed E-state index contributed by atoms with van der Waals surface area (Å²) in [6.07, 6.45) is 1.66. The van der Waals surface area contributed by atoms with Crippen molar-refractivity contribution in [3.8, 4) is 0 Å². The second-order valence-corrected chi connectivity index (χ2v) is 5.52. The fourth-order valence-electron chi connectivity index (χ4n) is 2.13. The second-order valence-electron chi connectivity index (χ2n) is 4.54. The smallest absolute Gasteiger partial charge is 0.406 e. The first kappa shape index (κ1) is 13.1. The summed E-state index contributed by atoms with van der Waals surface area (Å²) in [5, 5.41) is 5.46. The van der Waals surface area contributed by atoms with E-state index in [1.165, 1.54) is 4.88 Å². The summed E-state index contributed by atoms with van der Waals surface area (Å²) >= 11 is 1.72. The number of nitrogens with one attached hydrogen (secondary N) is 1. The third kappa shape index (κ3) is 2.52. The molecule has 104 valence electrons. The fraction of sp³-hybridized carbons (Fsp3) is 0.286. The predicted molar refractivity (Wildman–Crippen MR) is 79.0 cm³/mol. The SMILES string of the molecule is CC(NCCn1c(=O)oc2cccnc21)c1cccs1. The molecule has 0 saturated carbocycles. The third-order valence-corrected chi connectivity index (χ3v) is 4.24. The number of hydrogen-bond acceptors (Lipinski definition) is 5. The fourth-order valence-corrected chi connectivity index (χ4v) is 2.89. The van der Waals surface area contributed by atoms with Crippen LogP contribution in [-0.4, -0.2) is 16.1 Å². The maximum Gasteiger partial charge on any atom is 0.421 e. The summed E-state index contributed by atoms with van der Waals surface area (Å²) in [6, 6.07) is 7.92. The van der Waals surface area contributed by atoms with Crippen molar-refractivity contribution in [2.45, 2.75) is 19.5 Å². The number of nitrogens with zero attached hydrogens (tertiary/aromatic N) is 2. The van der Waals surface area contributed by atoms with Crippen molar-refractivity contribution >= 4 is 22.6 Å². The quantitative estimate of drug-likeness (QED) is 0.783. The Morgan fingerprint density at radius 3 is 3.15 bits per heavy atom. The second kappa shape index (κ2) is 5.60. The Morgan fingerprint density at radius 2 is 2.35 bits per heavy atom. The topological polar surface area (TPSA) is 60.1 Å². The molecule has 3 aromatic rings. The van der Waals surface area contributed by atoms with E-state index in [1.807, 2.05) is 6.07 Å². The molecule has 0 bridgehead atoms. The zero-order valence-electron chi connectivity index (χ0n) is 11.1. The van der Waals surface area contributed by atoms with Crippen LogP contribution in [0.25, 0.3) is 11.2 Å². The van der Waals surface area contributed by atoms with Gasteiger partial charge in [0.15, 0.2) is 11.2 Å². The Labute approximate surface area is 119 Å². The van der Waals surface area contributed by atoms with Crippen molar-refractivity contribution in [1.82, 2.24) is 14.9 Å². The van der Waals surface area contributed by atoms with Crippen molar-refractivity contribution < 1.29 is 4.42 Å². The summed E-state index contributed by atoms with van der Waals surface area (Å²) < 4.78 is 6.71. The first-order valence-electron chi connectivity index (χ1n) is 6.47. The van der Waals surface area contributed by atoms with Crippen LogP contribution in [-0.2, 0) is 6.54 Å². The molecule has 0 aliphatic carbocycles. The molecule has 1 N–H and O–H groups in total. The van der Waals surface area contributed by atoms with Gasteiger partial charge in [-0.25, -0.2) is 9.78 Å². The van der Waals surface area contributed by atoms with E-state index < -0.39 is 0 Å². The number of pyridine rings is 1. The van der Waals surface area contributed by atoms with Crippen LogP contribution in [0.5, 0.6) is 0 Å². The average molecular weight is 289 g/mol. The molecule has 0 aliphatic rings. The Balaban J connectivity index is 1.68. The molecule has 5 nitrogen and oxygen atoms in total. The van der Waals surface area contributed by atoms with Gasteiger partial charge in [-0.05, 0) is 30.5 Å². The minimum absolute atomic E-state index is 0.275. The highest BCUT2D eigenvalue weighted by molar-refractivity contribution is 7.10. The number of rotatable bonds is 5. The van der Waals surface area contributed by atoms with Gasteiger partial charge in [0.25, 0.3) is 0 Å². The van der Waals surface area contributed by atoms with Crippen LogP contribution >= 0.6 is 11.3 Å². The molecule has 20 heavy (non-hydrogen) atoms. The van der Waals surface area contributed by atoms with Gasteiger partial charge >= 0.3 is 5.76 Å². The summed E-state index contributed by atoms with van der Waals surface area (Å²) in [5.74, 6) is -0.357. The molecule has 0 aromatic carbocycles.